The highest BCUT2D eigenvalue weighted by Gasteiger charge is 2.21. The van der Waals surface area contributed by atoms with Gasteiger partial charge in [-0.2, -0.15) is 0 Å². The van der Waals surface area contributed by atoms with Crippen molar-refractivity contribution in [3.05, 3.63) is 29.3 Å². The molecular formula is C19H29N3O2. The molecule has 2 heterocycles. The number of benzene rings is 1. The summed E-state index contributed by atoms with van der Waals surface area (Å²) in [7, 11) is 0. The highest BCUT2D eigenvalue weighted by Crippen LogP contribution is 2.23. The van der Waals surface area contributed by atoms with Gasteiger partial charge in [-0.1, -0.05) is 12.1 Å². The van der Waals surface area contributed by atoms with Crippen LogP contribution < -0.4 is 10.2 Å². The van der Waals surface area contributed by atoms with E-state index >= 15 is 0 Å². The summed E-state index contributed by atoms with van der Waals surface area (Å²) in [6.45, 7) is 10.1. The molecule has 5 heteroatoms. The smallest absolute Gasteiger partial charge is 0.234 e. The molecule has 0 radical (unpaired) electrons. The molecule has 3 rings (SSSR count). The molecule has 2 fully saturated rings. The van der Waals surface area contributed by atoms with Crippen molar-refractivity contribution >= 4 is 11.6 Å². The van der Waals surface area contributed by atoms with Crippen LogP contribution in [0.5, 0.6) is 0 Å². The second-order valence-electron chi connectivity index (χ2n) is 6.92. The van der Waals surface area contributed by atoms with Crippen LogP contribution in [0.25, 0.3) is 0 Å². The number of nitrogens with one attached hydrogen (secondary N) is 1. The SMILES string of the molecule is Cc1cccc(N2CCN(CC(=O)NC[C@H]3CCCO3)CC2)c1C. The van der Waals surface area contributed by atoms with Crippen molar-refractivity contribution in [1.82, 2.24) is 10.2 Å². The van der Waals surface area contributed by atoms with E-state index in [4.69, 9.17) is 4.74 Å². The Morgan fingerprint density at radius 1 is 1.25 bits per heavy atom. The van der Waals surface area contributed by atoms with E-state index in [2.05, 4.69) is 47.2 Å². The molecule has 5 nitrogen and oxygen atoms in total. The first-order valence-electron chi connectivity index (χ1n) is 9.05. The van der Waals surface area contributed by atoms with Gasteiger partial charge in [0.15, 0.2) is 0 Å². The Labute approximate surface area is 145 Å². The summed E-state index contributed by atoms with van der Waals surface area (Å²) in [4.78, 5) is 16.8. The summed E-state index contributed by atoms with van der Waals surface area (Å²) in [5.74, 6) is 0.116. The van der Waals surface area contributed by atoms with Crippen molar-refractivity contribution in [2.45, 2.75) is 32.8 Å². The summed E-state index contributed by atoms with van der Waals surface area (Å²) in [6.07, 6.45) is 2.39. The summed E-state index contributed by atoms with van der Waals surface area (Å²) in [6, 6.07) is 6.49. The zero-order valence-corrected chi connectivity index (χ0v) is 14.9. The highest BCUT2D eigenvalue weighted by molar-refractivity contribution is 5.78. The molecule has 2 saturated heterocycles. The Morgan fingerprint density at radius 3 is 2.75 bits per heavy atom. The molecule has 1 amide bonds. The lowest BCUT2D eigenvalue weighted by atomic mass is 10.1. The minimum Gasteiger partial charge on any atom is -0.376 e. The van der Waals surface area contributed by atoms with Crippen molar-refractivity contribution in [2.24, 2.45) is 0 Å². The molecule has 2 aliphatic heterocycles. The first kappa shape index (κ1) is 17.2. The average Bonchev–Trinajstić information content (AvgIpc) is 3.10. The van der Waals surface area contributed by atoms with E-state index in [-0.39, 0.29) is 12.0 Å². The van der Waals surface area contributed by atoms with Gasteiger partial charge in [0.1, 0.15) is 0 Å². The number of nitrogens with zero attached hydrogens (tertiary/aromatic N) is 2. The third kappa shape index (κ3) is 4.28. The van der Waals surface area contributed by atoms with Crippen LogP contribution in [0.15, 0.2) is 18.2 Å². The zero-order chi connectivity index (χ0) is 16.9. The normalized spacial score (nSPS) is 21.9. The number of hydrogen-bond donors (Lipinski definition) is 1. The first-order valence-corrected chi connectivity index (χ1v) is 9.05. The first-order chi connectivity index (χ1) is 11.6. The van der Waals surface area contributed by atoms with Crippen molar-refractivity contribution in [2.75, 3.05) is 50.8 Å². The standard InChI is InChI=1S/C19H29N3O2/c1-15-5-3-7-18(16(15)2)22-10-8-21(9-11-22)14-19(23)20-13-17-6-4-12-24-17/h3,5,7,17H,4,6,8-14H2,1-2H3,(H,20,23)/t17-/m1/s1. The molecule has 132 valence electrons. The molecule has 0 aromatic heterocycles. The van der Waals surface area contributed by atoms with Crippen molar-refractivity contribution in [3.8, 4) is 0 Å². The van der Waals surface area contributed by atoms with Crippen LogP contribution in [0.3, 0.4) is 0 Å². The molecule has 0 aliphatic carbocycles. The number of hydrogen-bond acceptors (Lipinski definition) is 4. The Bertz CT molecular complexity index is 562. The topological polar surface area (TPSA) is 44.8 Å². The number of amides is 1. The lowest BCUT2D eigenvalue weighted by Crippen LogP contribution is -2.50. The van der Waals surface area contributed by atoms with Gasteiger partial charge in [0.2, 0.25) is 5.91 Å². The lowest BCUT2D eigenvalue weighted by Gasteiger charge is -2.36. The molecule has 1 atom stereocenters. The van der Waals surface area contributed by atoms with Gasteiger partial charge in [-0.3, -0.25) is 9.69 Å². The number of carbonyl (C=O) groups is 1. The molecular weight excluding hydrogens is 302 g/mol. The van der Waals surface area contributed by atoms with E-state index in [9.17, 15) is 4.79 Å². The third-order valence-electron chi connectivity index (χ3n) is 5.21. The number of piperazine rings is 1. The summed E-state index contributed by atoms with van der Waals surface area (Å²) < 4.78 is 5.54. The molecule has 1 N–H and O–H groups in total. The van der Waals surface area contributed by atoms with E-state index in [1.165, 1.54) is 16.8 Å². The molecule has 2 aliphatic rings. The molecule has 1 aromatic rings. The Hall–Kier alpha value is -1.59. The lowest BCUT2D eigenvalue weighted by molar-refractivity contribution is -0.122. The van der Waals surface area contributed by atoms with Gasteiger partial charge >= 0.3 is 0 Å². The predicted octanol–water partition coefficient (Wildman–Crippen LogP) is 1.72. The van der Waals surface area contributed by atoms with E-state index in [1.54, 1.807) is 0 Å². The predicted molar refractivity (Wildman–Crippen MR) is 96.6 cm³/mol. The quantitative estimate of drug-likeness (QED) is 0.892. The molecule has 0 saturated carbocycles. The second-order valence-corrected chi connectivity index (χ2v) is 6.92. The maximum Gasteiger partial charge on any atom is 0.234 e. The number of aryl methyl sites for hydroxylation is 1. The summed E-state index contributed by atoms with van der Waals surface area (Å²) in [5.41, 5.74) is 4.03. The Morgan fingerprint density at radius 2 is 2.04 bits per heavy atom. The fraction of sp³-hybridized carbons (Fsp3) is 0.632. The van der Waals surface area contributed by atoms with Gasteiger partial charge in [-0.05, 0) is 43.9 Å². The number of anilines is 1. The maximum absolute atomic E-state index is 12.1. The monoisotopic (exact) mass is 331 g/mol. The van der Waals surface area contributed by atoms with E-state index in [0.717, 1.165) is 45.6 Å². The maximum atomic E-state index is 12.1. The minimum atomic E-state index is 0.116. The van der Waals surface area contributed by atoms with Gasteiger partial charge in [-0.25, -0.2) is 0 Å². The van der Waals surface area contributed by atoms with Crippen LogP contribution >= 0.6 is 0 Å². The number of carbonyl (C=O) groups excluding carboxylic acids is 1. The Balaban J connectivity index is 1.43. The fourth-order valence-electron chi connectivity index (χ4n) is 3.52. The van der Waals surface area contributed by atoms with Crippen LogP contribution in [-0.4, -0.2) is 62.8 Å². The largest absolute Gasteiger partial charge is 0.376 e. The molecule has 0 unspecified atom stereocenters. The van der Waals surface area contributed by atoms with Crippen molar-refractivity contribution in [3.63, 3.8) is 0 Å². The third-order valence-corrected chi connectivity index (χ3v) is 5.21. The van der Waals surface area contributed by atoms with E-state index in [0.29, 0.717) is 13.1 Å². The highest BCUT2D eigenvalue weighted by atomic mass is 16.5. The van der Waals surface area contributed by atoms with Crippen molar-refractivity contribution in [1.29, 1.82) is 0 Å². The molecule has 0 bridgehead atoms. The van der Waals surface area contributed by atoms with Gasteiger partial charge in [0.05, 0.1) is 12.6 Å². The minimum absolute atomic E-state index is 0.116. The number of ether oxygens (including phenoxy) is 1. The van der Waals surface area contributed by atoms with E-state index < -0.39 is 0 Å². The van der Waals surface area contributed by atoms with E-state index in [1.807, 2.05) is 0 Å². The van der Waals surface area contributed by atoms with Crippen LogP contribution in [-0.2, 0) is 9.53 Å². The zero-order valence-electron chi connectivity index (χ0n) is 14.9. The second kappa shape index (κ2) is 7.99. The van der Waals surface area contributed by atoms with Crippen LogP contribution in [0.2, 0.25) is 0 Å². The Kier molecular flexibility index (Phi) is 5.74. The molecule has 24 heavy (non-hydrogen) atoms. The van der Waals surface area contributed by atoms with Crippen molar-refractivity contribution < 1.29 is 9.53 Å². The molecule has 1 aromatic carbocycles. The average molecular weight is 331 g/mol. The fourth-order valence-corrected chi connectivity index (χ4v) is 3.52. The summed E-state index contributed by atoms with van der Waals surface area (Å²) in [5, 5.41) is 3.01. The van der Waals surface area contributed by atoms with Crippen LogP contribution in [0, 0.1) is 13.8 Å². The number of rotatable bonds is 5. The summed E-state index contributed by atoms with van der Waals surface area (Å²) >= 11 is 0. The van der Waals surface area contributed by atoms with Crippen LogP contribution in [0.1, 0.15) is 24.0 Å². The van der Waals surface area contributed by atoms with Gasteiger partial charge in [0.25, 0.3) is 0 Å². The molecule has 0 spiro atoms. The van der Waals surface area contributed by atoms with Gasteiger partial charge < -0.3 is 15.0 Å². The van der Waals surface area contributed by atoms with Crippen LogP contribution in [0.4, 0.5) is 5.69 Å². The van der Waals surface area contributed by atoms with Gasteiger partial charge in [-0.15, -0.1) is 0 Å². The van der Waals surface area contributed by atoms with Gasteiger partial charge in [0, 0.05) is 45.0 Å².